The largest absolute Gasteiger partial charge is 0.490 e. The van der Waals surface area contributed by atoms with E-state index in [0.717, 1.165) is 0 Å². The number of aliphatic carboxylic acids is 1. The van der Waals surface area contributed by atoms with Gasteiger partial charge in [-0.05, 0) is 54.5 Å². The Morgan fingerprint density at radius 1 is 0.971 bits per heavy atom. The van der Waals surface area contributed by atoms with Gasteiger partial charge in [-0.3, -0.25) is 33.6 Å². The Balaban J connectivity index is 0.00000107. The van der Waals surface area contributed by atoms with Gasteiger partial charge in [0.15, 0.2) is 5.60 Å². The van der Waals surface area contributed by atoms with Crippen molar-refractivity contribution >= 4 is 58.3 Å². The lowest BCUT2D eigenvalue weighted by atomic mass is 9.81. The number of ether oxygens (including phenoxy) is 1. The Morgan fingerprint density at radius 3 is 2.26 bits per heavy atom. The molecule has 4 aromatic rings. The molecule has 0 saturated heterocycles. The summed E-state index contributed by atoms with van der Waals surface area (Å²) >= 11 is 0. The number of aromatic nitrogens is 2. The number of carbonyl (C=O) groups is 8. The number of carboxylic acid groups (broad SMARTS) is 1. The lowest BCUT2D eigenvalue weighted by Crippen LogP contribution is -2.52. The van der Waals surface area contributed by atoms with Gasteiger partial charge in [0.2, 0.25) is 35.4 Å². The molecule has 0 unspecified atom stereocenters. The third kappa shape index (κ3) is 10.7. The first-order valence-corrected chi connectivity index (χ1v) is 21.5. The number of fused-ring (bicyclic) bond motifs is 5. The molecule has 0 bridgehead atoms. The van der Waals surface area contributed by atoms with E-state index in [0.29, 0.717) is 33.2 Å². The average molecular weight is 982 g/mol. The summed E-state index contributed by atoms with van der Waals surface area (Å²) in [7, 11) is 0. The van der Waals surface area contributed by atoms with Gasteiger partial charge in [-0.1, -0.05) is 37.3 Å². The summed E-state index contributed by atoms with van der Waals surface area (Å²) in [5.41, 5.74) is 11.9. The monoisotopic (exact) mass is 981 g/mol. The molecule has 0 saturated carbocycles. The highest BCUT2D eigenvalue weighted by atomic mass is 19.4. The Hall–Kier alpha value is -7.80. The lowest BCUT2D eigenvalue weighted by Gasteiger charge is -2.37. The summed E-state index contributed by atoms with van der Waals surface area (Å²) in [6, 6.07) is 9.49. The van der Waals surface area contributed by atoms with Gasteiger partial charge in [0, 0.05) is 29.0 Å². The number of aryl methyl sites for hydroxylation is 1. The number of carboxylic acids is 1. The van der Waals surface area contributed by atoms with E-state index in [1.807, 2.05) is 0 Å². The molecule has 0 spiro atoms. The highest BCUT2D eigenvalue weighted by Gasteiger charge is 2.46. The maximum atomic E-state index is 15.5. The van der Waals surface area contributed by atoms with Crippen LogP contribution in [-0.2, 0) is 74.7 Å². The number of primary amides is 1. The number of amides is 6. The second-order valence-corrected chi connectivity index (χ2v) is 16.4. The number of rotatable bonds is 15. The molecule has 7 rings (SSSR count). The number of carbonyl (C=O) groups excluding carboxylic acids is 7. The minimum atomic E-state index is -5.08. The van der Waals surface area contributed by atoms with Crippen molar-refractivity contribution in [1.82, 2.24) is 35.7 Å². The van der Waals surface area contributed by atoms with Crippen molar-refractivity contribution < 1.29 is 70.9 Å². The molecule has 70 heavy (non-hydrogen) atoms. The van der Waals surface area contributed by atoms with Crippen molar-refractivity contribution in [2.24, 2.45) is 11.5 Å². The molecule has 21 nitrogen and oxygen atoms in total. The molecule has 10 N–H and O–H groups in total. The number of nitrogens with one attached hydrogen (secondary N) is 4. The first-order valence-electron chi connectivity index (χ1n) is 21.5. The molecule has 6 amide bonds. The summed E-state index contributed by atoms with van der Waals surface area (Å²) in [4.78, 5) is 119. The van der Waals surface area contributed by atoms with Crippen molar-refractivity contribution in [3.05, 3.63) is 97.6 Å². The van der Waals surface area contributed by atoms with Crippen molar-refractivity contribution in [3.8, 4) is 11.4 Å². The summed E-state index contributed by atoms with van der Waals surface area (Å²) in [5.74, 6) is -8.53. The zero-order chi connectivity index (χ0) is 51.4. The Bertz CT molecular complexity index is 2880. The molecule has 0 radical (unpaired) electrons. The smallest absolute Gasteiger partial charge is 0.475 e. The Morgan fingerprint density at radius 2 is 1.63 bits per heavy atom. The second-order valence-electron chi connectivity index (χ2n) is 16.4. The van der Waals surface area contributed by atoms with Crippen molar-refractivity contribution in [2.75, 3.05) is 32.7 Å². The average Bonchev–Trinajstić information content (AvgIpc) is 3.69. The van der Waals surface area contributed by atoms with Gasteiger partial charge in [-0.25, -0.2) is 19.0 Å². The van der Waals surface area contributed by atoms with Crippen LogP contribution >= 0.6 is 0 Å². The topological polar surface area (TPSA) is 325 Å². The molecule has 2 aromatic heterocycles. The third-order valence-corrected chi connectivity index (χ3v) is 12.0. The summed E-state index contributed by atoms with van der Waals surface area (Å²) < 4.78 is 53.8. The van der Waals surface area contributed by atoms with Crippen LogP contribution in [0.1, 0.15) is 64.8 Å². The molecule has 3 aliphatic rings. The molecule has 3 atom stereocenters. The molecular formula is C45H47F4N9O12. The van der Waals surface area contributed by atoms with Crippen LogP contribution in [0.15, 0.2) is 47.3 Å². The molecular weight excluding hydrogens is 935 g/mol. The molecule has 25 heteroatoms. The molecule has 1 aliphatic carbocycles. The van der Waals surface area contributed by atoms with Gasteiger partial charge in [-0.15, -0.1) is 0 Å². The van der Waals surface area contributed by atoms with Crippen LogP contribution in [0.5, 0.6) is 0 Å². The SMILES string of the molecule is CC[C@@]1(O)C(=O)OCc2c1cc1n(c2=O)Cc2c-1nc1cc(F)c(C)c3c1c2[C@@H](N(CC(N)=O)C(=O)CNC(=O)CNC(=O)[C@H](Cc1ccccc1)NC(=O)CNC(=O)CN)CC3.O=C(O)C(F)(F)F. The summed E-state index contributed by atoms with van der Waals surface area (Å²) in [6.45, 7) is 0.192. The number of hydrogen-bond acceptors (Lipinski definition) is 13. The minimum Gasteiger partial charge on any atom is -0.475 e. The van der Waals surface area contributed by atoms with Crippen molar-refractivity contribution in [2.45, 2.75) is 76.5 Å². The first-order chi connectivity index (χ1) is 33.0. The predicted molar refractivity (Wildman–Crippen MR) is 235 cm³/mol. The molecule has 2 aromatic carbocycles. The van der Waals surface area contributed by atoms with Gasteiger partial charge in [0.1, 0.15) is 18.5 Å². The number of cyclic esters (lactones) is 1. The van der Waals surface area contributed by atoms with Crippen LogP contribution in [0, 0.1) is 12.7 Å². The molecule has 0 fully saturated rings. The van der Waals surface area contributed by atoms with E-state index < -0.39 is 109 Å². The number of esters is 1. The van der Waals surface area contributed by atoms with E-state index in [1.165, 1.54) is 21.6 Å². The van der Waals surface area contributed by atoms with E-state index in [1.54, 1.807) is 44.2 Å². The second kappa shape index (κ2) is 20.8. The fourth-order valence-corrected chi connectivity index (χ4v) is 8.57. The minimum absolute atomic E-state index is 0.0468. The standard InChI is InChI=1S/C43H46FN9O10.C2HF3O2/c1-3-43(62)26-12-31-39-24(18-53(31)41(60)25(26)20-63-42(43)61)38-30(10-9-23-21(2)27(44)13-28(51-39)37(23)38)52(19-32(46)54)36(58)17-48-34(56)15-49-40(59)29(11-22-7-5-4-6-8-22)50-35(57)16-47-33(55)14-45;3-2(4,5)1(6)7/h4-8,12-13,29-30,62H,3,9-11,14-20,45H2,1-2H3,(H2,46,54)(H,47,55)(H,48,56)(H,49,59)(H,50,57);(H,6,7)/t29-,30-,43-;/m0./s1. The van der Waals surface area contributed by atoms with Gasteiger partial charge in [0.05, 0.1) is 67.8 Å². The Labute approximate surface area is 393 Å². The van der Waals surface area contributed by atoms with Crippen molar-refractivity contribution in [1.29, 1.82) is 0 Å². The van der Waals surface area contributed by atoms with Crippen molar-refractivity contribution in [3.63, 3.8) is 0 Å². The fourth-order valence-electron chi connectivity index (χ4n) is 8.57. The lowest BCUT2D eigenvalue weighted by molar-refractivity contribution is -0.192. The maximum absolute atomic E-state index is 15.5. The number of hydrogen-bond donors (Lipinski definition) is 8. The normalized spacial score (nSPS) is 16.7. The van der Waals surface area contributed by atoms with Gasteiger partial charge < -0.3 is 57.2 Å². The highest BCUT2D eigenvalue weighted by Crippen LogP contribution is 2.47. The molecule has 2 aliphatic heterocycles. The van der Waals surface area contributed by atoms with E-state index in [9.17, 15) is 56.6 Å². The van der Waals surface area contributed by atoms with E-state index >= 15 is 4.39 Å². The summed E-state index contributed by atoms with van der Waals surface area (Å²) in [6.07, 6.45) is -4.66. The van der Waals surface area contributed by atoms with Crippen LogP contribution in [-0.4, -0.2) is 117 Å². The fraction of sp³-hybridized carbons (Fsp3) is 0.378. The highest BCUT2D eigenvalue weighted by molar-refractivity contribution is 5.96. The van der Waals surface area contributed by atoms with Crippen LogP contribution in [0.25, 0.3) is 22.3 Å². The third-order valence-electron chi connectivity index (χ3n) is 12.0. The van der Waals surface area contributed by atoms with Gasteiger partial charge in [-0.2, -0.15) is 13.2 Å². The number of halogens is 4. The molecule has 372 valence electrons. The number of benzene rings is 2. The van der Waals surface area contributed by atoms with Crippen LogP contribution in [0.3, 0.4) is 0 Å². The number of pyridine rings is 2. The van der Waals surface area contributed by atoms with Crippen LogP contribution in [0.4, 0.5) is 17.6 Å². The Kier molecular flexibility index (Phi) is 15.3. The number of nitrogens with two attached hydrogens (primary N) is 2. The number of nitrogens with zero attached hydrogens (tertiary/aromatic N) is 3. The van der Waals surface area contributed by atoms with E-state index in [2.05, 4.69) is 21.3 Å². The maximum Gasteiger partial charge on any atom is 0.490 e. The zero-order valence-electron chi connectivity index (χ0n) is 37.5. The number of aliphatic hydroxyl groups is 1. The van der Waals surface area contributed by atoms with Gasteiger partial charge in [0.25, 0.3) is 5.56 Å². The molecule has 4 heterocycles. The quantitative estimate of drug-likeness (QED) is 0.0485. The number of alkyl halides is 3. The zero-order valence-corrected chi connectivity index (χ0v) is 37.5. The predicted octanol–water partition coefficient (Wildman–Crippen LogP) is -0.504. The van der Waals surface area contributed by atoms with Crippen LogP contribution in [0.2, 0.25) is 0 Å². The first kappa shape index (κ1) is 51.6. The summed E-state index contributed by atoms with van der Waals surface area (Å²) in [5, 5.41) is 28.8. The van der Waals surface area contributed by atoms with E-state index in [4.69, 9.17) is 31.1 Å². The van der Waals surface area contributed by atoms with E-state index in [-0.39, 0.29) is 73.4 Å². The van der Waals surface area contributed by atoms with Gasteiger partial charge >= 0.3 is 18.1 Å². The van der Waals surface area contributed by atoms with Crippen LogP contribution < -0.4 is 38.3 Å².